The van der Waals surface area contributed by atoms with Crippen molar-refractivity contribution in [2.75, 3.05) is 13.2 Å². The number of ether oxygens (including phenoxy) is 2. The highest BCUT2D eigenvalue weighted by Crippen LogP contribution is 2.41. The first-order valence-corrected chi connectivity index (χ1v) is 25.9. The molecule has 0 bridgehead atoms. The summed E-state index contributed by atoms with van der Waals surface area (Å²) in [5, 5.41) is 6.76. The van der Waals surface area contributed by atoms with Crippen LogP contribution in [0.4, 0.5) is 9.59 Å². The molecule has 0 unspecified atom stereocenters. The second kappa shape index (κ2) is 36.4. The van der Waals surface area contributed by atoms with Crippen molar-refractivity contribution in [2.45, 2.75) is 301 Å². The van der Waals surface area contributed by atoms with Crippen molar-refractivity contribution in [1.29, 1.82) is 0 Å². The highest BCUT2D eigenvalue weighted by Gasteiger charge is 2.45. The van der Waals surface area contributed by atoms with E-state index in [2.05, 4.69) is 24.5 Å². The topological polar surface area (TPSA) is 76.7 Å². The summed E-state index contributed by atoms with van der Waals surface area (Å²) in [4.78, 5) is 26.4. The summed E-state index contributed by atoms with van der Waals surface area (Å²) < 4.78 is 11.5. The van der Waals surface area contributed by atoms with Gasteiger partial charge in [0.15, 0.2) is 0 Å². The highest BCUT2D eigenvalue weighted by molar-refractivity contribution is 5.69. The Morgan fingerprint density at radius 1 is 0.351 bits per heavy atom. The molecule has 2 amide bonds. The highest BCUT2D eigenvalue weighted by atomic mass is 16.6. The van der Waals surface area contributed by atoms with Gasteiger partial charge in [-0.25, -0.2) is 9.59 Å². The van der Waals surface area contributed by atoms with E-state index in [9.17, 15) is 9.59 Å². The van der Waals surface area contributed by atoms with Crippen LogP contribution in [0.25, 0.3) is 0 Å². The summed E-state index contributed by atoms with van der Waals surface area (Å²) in [5.74, 6) is 0. The van der Waals surface area contributed by atoms with Crippen LogP contribution in [-0.2, 0) is 9.47 Å². The number of hydrogen-bond donors (Lipinski definition) is 2. The number of carbonyl (C=O) groups is 2. The molecule has 2 aliphatic rings. The lowest BCUT2D eigenvalue weighted by Crippen LogP contribution is -2.60. The van der Waals surface area contributed by atoms with E-state index in [0.717, 1.165) is 83.5 Å². The summed E-state index contributed by atoms with van der Waals surface area (Å²) in [7, 11) is 0. The number of amides is 2. The molecule has 2 fully saturated rings. The predicted octanol–water partition coefficient (Wildman–Crippen LogP) is 16.8. The fourth-order valence-corrected chi connectivity index (χ4v) is 9.93. The predicted molar refractivity (Wildman–Crippen MR) is 244 cm³/mol. The van der Waals surface area contributed by atoms with Gasteiger partial charge in [0.2, 0.25) is 0 Å². The molecule has 2 saturated carbocycles. The molecule has 0 aromatic carbocycles. The zero-order chi connectivity index (χ0) is 40.8. The molecule has 0 heterocycles. The van der Waals surface area contributed by atoms with Crippen LogP contribution in [0.2, 0.25) is 0 Å². The largest absolute Gasteiger partial charge is 0.450 e. The minimum Gasteiger partial charge on any atom is -0.450 e. The lowest BCUT2D eigenvalue weighted by Gasteiger charge is -2.47. The van der Waals surface area contributed by atoms with Gasteiger partial charge in [-0.2, -0.15) is 0 Å². The molecule has 336 valence electrons. The van der Waals surface area contributed by atoms with E-state index >= 15 is 0 Å². The molecule has 0 saturated heterocycles. The molecule has 2 aliphatic carbocycles. The minimum atomic E-state index is -0.317. The Balaban J connectivity index is 1.56. The van der Waals surface area contributed by atoms with Gasteiger partial charge in [0.1, 0.15) is 0 Å². The van der Waals surface area contributed by atoms with Crippen molar-refractivity contribution in [3.8, 4) is 0 Å². The molecule has 2 N–H and O–H groups in total. The summed E-state index contributed by atoms with van der Waals surface area (Å²) in [6.45, 7) is 5.57. The van der Waals surface area contributed by atoms with Crippen molar-refractivity contribution in [3.63, 3.8) is 0 Å². The lowest BCUT2D eigenvalue weighted by atomic mass is 9.68. The molecule has 0 radical (unpaired) electrons. The molecule has 2 rings (SSSR count). The van der Waals surface area contributed by atoms with Gasteiger partial charge in [-0.15, -0.1) is 0 Å². The van der Waals surface area contributed by atoms with E-state index in [1.807, 2.05) is 0 Å². The third-order valence-electron chi connectivity index (χ3n) is 13.5. The summed E-state index contributed by atoms with van der Waals surface area (Å²) in [5.41, 5.74) is -0.634. The van der Waals surface area contributed by atoms with Gasteiger partial charge in [0.25, 0.3) is 0 Å². The van der Waals surface area contributed by atoms with E-state index in [4.69, 9.17) is 9.47 Å². The van der Waals surface area contributed by atoms with Crippen molar-refractivity contribution >= 4 is 12.2 Å². The van der Waals surface area contributed by atoms with Crippen LogP contribution in [0.5, 0.6) is 0 Å². The third kappa shape index (κ3) is 28.6. The van der Waals surface area contributed by atoms with Crippen molar-refractivity contribution in [2.24, 2.45) is 0 Å². The maximum atomic E-state index is 13.2. The van der Waals surface area contributed by atoms with E-state index in [1.54, 1.807) is 0 Å². The quantitative estimate of drug-likeness (QED) is 0.0610. The average molecular weight is 803 g/mol. The van der Waals surface area contributed by atoms with E-state index < -0.39 is 0 Å². The SMILES string of the molecule is CCCCCCCCCCCCCCCCCCOC(=O)NC1(CC2(NC(=O)OCCCCCCCCCCCCCCCCCC)CCCCC2)CCCCC1. The first kappa shape index (κ1) is 51.7. The Labute approximate surface area is 355 Å². The molecule has 0 aliphatic heterocycles. The fourth-order valence-electron chi connectivity index (χ4n) is 9.93. The molecule has 6 nitrogen and oxygen atoms in total. The Morgan fingerprint density at radius 2 is 0.579 bits per heavy atom. The molecule has 0 aromatic rings. The second-order valence-corrected chi connectivity index (χ2v) is 19.0. The lowest BCUT2D eigenvalue weighted by molar-refractivity contribution is 0.0827. The van der Waals surface area contributed by atoms with Gasteiger partial charge in [-0.1, -0.05) is 245 Å². The van der Waals surface area contributed by atoms with Crippen LogP contribution in [0.15, 0.2) is 0 Å². The summed E-state index contributed by atoms with van der Waals surface area (Å²) in [6, 6.07) is 0. The van der Waals surface area contributed by atoms with Crippen LogP contribution in [0.1, 0.15) is 290 Å². The van der Waals surface area contributed by atoms with Gasteiger partial charge in [-0.3, -0.25) is 0 Å². The molecule has 0 atom stereocenters. The van der Waals surface area contributed by atoms with Crippen molar-refractivity contribution in [3.05, 3.63) is 0 Å². The van der Waals surface area contributed by atoms with Gasteiger partial charge in [0.05, 0.1) is 13.2 Å². The zero-order valence-electron chi connectivity index (χ0n) is 38.5. The van der Waals surface area contributed by atoms with E-state index in [1.165, 1.54) is 193 Å². The fraction of sp³-hybridized carbons (Fsp3) is 0.961. The van der Waals surface area contributed by atoms with Crippen LogP contribution in [-0.4, -0.2) is 36.5 Å². The maximum absolute atomic E-state index is 13.2. The number of carbonyl (C=O) groups excluding carboxylic acids is 2. The molecule has 0 aromatic heterocycles. The standard InChI is InChI=1S/C51H98N2O4/c1-3-5-7-9-11-13-15-17-19-21-23-25-27-29-31-39-45-56-48(54)52-50(41-35-33-36-42-50)47-51(43-37-34-38-44-51)53-49(55)57-46-40-32-30-28-26-24-22-20-18-16-14-12-10-8-6-4-2/h3-47H2,1-2H3,(H,52,54)(H,53,55). The monoisotopic (exact) mass is 803 g/mol. The molecule has 0 spiro atoms. The number of nitrogens with one attached hydrogen (secondary N) is 2. The van der Waals surface area contributed by atoms with Gasteiger partial charge < -0.3 is 20.1 Å². The second-order valence-electron chi connectivity index (χ2n) is 19.0. The number of hydrogen-bond acceptors (Lipinski definition) is 4. The molecule has 57 heavy (non-hydrogen) atoms. The van der Waals surface area contributed by atoms with Crippen molar-refractivity contribution in [1.82, 2.24) is 10.6 Å². The summed E-state index contributed by atoms with van der Waals surface area (Å²) in [6.07, 6.45) is 53.7. The van der Waals surface area contributed by atoms with Crippen LogP contribution in [0, 0.1) is 0 Å². The summed E-state index contributed by atoms with van der Waals surface area (Å²) >= 11 is 0. The van der Waals surface area contributed by atoms with Crippen LogP contribution >= 0.6 is 0 Å². The number of rotatable bonds is 38. The average Bonchev–Trinajstić information content (AvgIpc) is 3.20. The van der Waals surface area contributed by atoms with Gasteiger partial charge in [-0.05, 0) is 44.9 Å². The van der Waals surface area contributed by atoms with Gasteiger partial charge >= 0.3 is 12.2 Å². The zero-order valence-corrected chi connectivity index (χ0v) is 38.5. The number of alkyl carbamates (subject to hydrolysis) is 2. The Morgan fingerprint density at radius 3 is 0.825 bits per heavy atom. The first-order valence-electron chi connectivity index (χ1n) is 25.9. The number of unbranched alkanes of at least 4 members (excludes halogenated alkanes) is 30. The van der Waals surface area contributed by atoms with Crippen molar-refractivity contribution < 1.29 is 19.1 Å². The molecular formula is C51H98N2O4. The third-order valence-corrected chi connectivity index (χ3v) is 13.5. The van der Waals surface area contributed by atoms with E-state index in [-0.39, 0.29) is 23.3 Å². The van der Waals surface area contributed by atoms with Crippen LogP contribution in [0.3, 0.4) is 0 Å². The maximum Gasteiger partial charge on any atom is 0.407 e. The molecule has 6 heteroatoms. The van der Waals surface area contributed by atoms with Gasteiger partial charge in [0, 0.05) is 11.1 Å². The minimum absolute atomic E-state index is 0.269. The Kier molecular flexibility index (Phi) is 33.0. The Hall–Kier alpha value is -1.46. The Bertz CT molecular complexity index is 841. The normalized spacial score (nSPS) is 16.3. The van der Waals surface area contributed by atoms with Crippen LogP contribution < -0.4 is 10.6 Å². The first-order chi connectivity index (χ1) is 28.0. The smallest absolute Gasteiger partial charge is 0.407 e. The van der Waals surface area contributed by atoms with E-state index in [0.29, 0.717) is 13.2 Å². The molecular weight excluding hydrogens is 705 g/mol.